The molecule has 0 spiro atoms. The quantitative estimate of drug-likeness (QED) is 0.755. The lowest BCUT2D eigenvalue weighted by Gasteiger charge is -2.09. The highest BCUT2D eigenvalue weighted by Gasteiger charge is 2.10. The maximum atomic E-state index is 11.6. The van der Waals surface area contributed by atoms with Crippen LogP contribution in [0, 0.1) is 0 Å². The molecule has 0 atom stereocenters. The fraction of sp³-hybridized carbons (Fsp3) is 0.143. The van der Waals surface area contributed by atoms with Crippen LogP contribution in [0.15, 0.2) is 51.8 Å². The van der Waals surface area contributed by atoms with Crippen molar-refractivity contribution < 1.29 is 13.5 Å². The van der Waals surface area contributed by atoms with Crippen molar-refractivity contribution in [3.8, 4) is 5.75 Å². The lowest BCUT2D eigenvalue weighted by atomic mass is 10.2. The molecule has 0 saturated carbocycles. The second-order valence-electron chi connectivity index (χ2n) is 4.36. The van der Waals surface area contributed by atoms with Gasteiger partial charge in [0.2, 0.25) is 10.0 Å². The number of aromatic hydroxyl groups is 1. The molecule has 5 nitrogen and oxygen atoms in total. The Bertz CT molecular complexity index is 730. The predicted octanol–water partition coefficient (Wildman–Crippen LogP) is 2.67. The van der Waals surface area contributed by atoms with E-state index in [-0.39, 0.29) is 10.6 Å². The summed E-state index contributed by atoms with van der Waals surface area (Å²) in [5.74, 6) is 0.208. The van der Waals surface area contributed by atoms with Gasteiger partial charge in [-0.2, -0.15) is 0 Å². The highest BCUT2D eigenvalue weighted by Crippen LogP contribution is 2.23. The highest BCUT2D eigenvalue weighted by molar-refractivity contribution is 9.10. The van der Waals surface area contributed by atoms with Gasteiger partial charge in [-0.3, -0.25) is 0 Å². The molecule has 112 valence electrons. The number of rotatable bonds is 5. The van der Waals surface area contributed by atoms with Gasteiger partial charge >= 0.3 is 0 Å². The minimum atomic E-state index is -3.42. The fourth-order valence-electron chi connectivity index (χ4n) is 1.76. The molecule has 0 heterocycles. The molecule has 3 N–H and O–H groups in total. The maximum Gasteiger partial charge on any atom is 0.240 e. The Morgan fingerprint density at radius 2 is 1.81 bits per heavy atom. The first-order valence-corrected chi connectivity index (χ1v) is 8.45. The second kappa shape index (κ2) is 6.46. The van der Waals surface area contributed by atoms with Gasteiger partial charge in [-0.1, -0.05) is 15.9 Å². The van der Waals surface area contributed by atoms with Gasteiger partial charge in [0.25, 0.3) is 0 Å². The Labute approximate surface area is 132 Å². The van der Waals surface area contributed by atoms with E-state index in [0.717, 1.165) is 15.7 Å². The van der Waals surface area contributed by atoms with Crippen LogP contribution in [0.25, 0.3) is 0 Å². The van der Waals surface area contributed by atoms with Crippen LogP contribution in [0.1, 0.15) is 5.56 Å². The molecule has 0 radical (unpaired) electrons. The summed E-state index contributed by atoms with van der Waals surface area (Å²) in [6.07, 6.45) is 0. The van der Waals surface area contributed by atoms with Gasteiger partial charge in [-0.05, 0) is 49.5 Å². The number of nitrogens with one attached hydrogen (secondary N) is 2. The molecule has 0 aromatic heterocycles. The van der Waals surface area contributed by atoms with E-state index in [0.29, 0.717) is 6.54 Å². The van der Waals surface area contributed by atoms with Gasteiger partial charge in [0, 0.05) is 22.3 Å². The third-order valence-corrected chi connectivity index (χ3v) is 4.88. The molecular weight excluding hydrogens is 356 g/mol. The van der Waals surface area contributed by atoms with Crippen LogP contribution in [0.2, 0.25) is 0 Å². The largest absolute Gasteiger partial charge is 0.508 e. The summed E-state index contributed by atoms with van der Waals surface area (Å²) in [6.45, 7) is 0.434. The molecule has 2 rings (SSSR count). The van der Waals surface area contributed by atoms with Crippen molar-refractivity contribution >= 4 is 31.6 Å². The van der Waals surface area contributed by atoms with Crippen LogP contribution in [-0.2, 0) is 16.6 Å². The third kappa shape index (κ3) is 3.96. The average molecular weight is 371 g/mol. The van der Waals surface area contributed by atoms with Crippen LogP contribution < -0.4 is 10.0 Å². The van der Waals surface area contributed by atoms with E-state index in [1.165, 1.54) is 19.2 Å². The first-order chi connectivity index (χ1) is 9.92. The number of anilines is 1. The Morgan fingerprint density at radius 1 is 1.14 bits per heavy atom. The van der Waals surface area contributed by atoms with Gasteiger partial charge in [0.05, 0.1) is 4.90 Å². The summed E-state index contributed by atoms with van der Waals surface area (Å²) >= 11 is 3.35. The van der Waals surface area contributed by atoms with Crippen LogP contribution in [0.3, 0.4) is 0 Å². The number of phenolic OH excluding ortho intramolecular Hbond substituents is 1. The Kier molecular flexibility index (Phi) is 4.87. The van der Waals surface area contributed by atoms with E-state index in [4.69, 9.17) is 0 Å². The standard InChI is InChI=1S/C14H15BrN2O3S/c1-16-21(19,20)13-5-3-12(4-6-13)17-9-10-8-11(15)2-7-14(10)18/h2-8,16-18H,9H2,1H3. The SMILES string of the molecule is CNS(=O)(=O)c1ccc(NCc2cc(Br)ccc2O)cc1. The lowest BCUT2D eigenvalue weighted by Crippen LogP contribution is -2.18. The van der Waals surface area contributed by atoms with Crippen molar-refractivity contribution in [3.63, 3.8) is 0 Å². The summed E-state index contributed by atoms with van der Waals surface area (Å²) in [7, 11) is -2.05. The second-order valence-corrected chi connectivity index (χ2v) is 7.16. The molecular formula is C14H15BrN2O3S. The monoisotopic (exact) mass is 370 g/mol. The summed E-state index contributed by atoms with van der Waals surface area (Å²) < 4.78 is 26.4. The van der Waals surface area contributed by atoms with E-state index in [1.54, 1.807) is 24.3 Å². The predicted molar refractivity (Wildman–Crippen MR) is 85.8 cm³/mol. The fourth-order valence-corrected chi connectivity index (χ4v) is 2.90. The smallest absolute Gasteiger partial charge is 0.240 e. The lowest BCUT2D eigenvalue weighted by molar-refractivity contribution is 0.469. The van der Waals surface area contributed by atoms with Gasteiger partial charge in [0.15, 0.2) is 0 Å². The van der Waals surface area contributed by atoms with Crippen LogP contribution >= 0.6 is 15.9 Å². The normalized spacial score (nSPS) is 11.3. The first kappa shape index (κ1) is 15.8. The minimum Gasteiger partial charge on any atom is -0.508 e. The number of sulfonamides is 1. The summed E-state index contributed by atoms with van der Waals surface area (Å²) in [4.78, 5) is 0.209. The molecule has 0 aliphatic heterocycles. The zero-order valence-corrected chi connectivity index (χ0v) is 13.7. The number of halogens is 1. The number of benzene rings is 2. The summed E-state index contributed by atoms with van der Waals surface area (Å²) in [6, 6.07) is 11.6. The molecule has 0 amide bonds. The Morgan fingerprint density at radius 3 is 2.43 bits per heavy atom. The van der Waals surface area contributed by atoms with Crippen LogP contribution in [-0.4, -0.2) is 20.6 Å². The van der Waals surface area contributed by atoms with Crippen LogP contribution in [0.4, 0.5) is 5.69 Å². The molecule has 2 aromatic carbocycles. The molecule has 0 aliphatic carbocycles. The molecule has 2 aromatic rings. The minimum absolute atomic E-state index is 0.208. The van der Waals surface area contributed by atoms with Crippen molar-refractivity contribution in [1.29, 1.82) is 0 Å². The van der Waals surface area contributed by atoms with Crippen LogP contribution in [0.5, 0.6) is 5.75 Å². The van der Waals surface area contributed by atoms with E-state index in [1.807, 2.05) is 6.07 Å². The number of hydrogen-bond acceptors (Lipinski definition) is 4. The number of phenols is 1. The van der Waals surface area contributed by atoms with Gasteiger partial charge in [-0.15, -0.1) is 0 Å². The van der Waals surface area contributed by atoms with Gasteiger partial charge < -0.3 is 10.4 Å². The van der Waals surface area contributed by atoms with Gasteiger partial charge in [-0.25, -0.2) is 13.1 Å². The zero-order chi connectivity index (χ0) is 15.5. The van der Waals surface area contributed by atoms with Crippen molar-refractivity contribution in [2.24, 2.45) is 0 Å². The van der Waals surface area contributed by atoms with Gasteiger partial charge in [0.1, 0.15) is 5.75 Å². The van der Waals surface area contributed by atoms with E-state index in [9.17, 15) is 13.5 Å². The molecule has 21 heavy (non-hydrogen) atoms. The Hall–Kier alpha value is -1.57. The van der Waals surface area contributed by atoms with Crippen molar-refractivity contribution in [1.82, 2.24) is 4.72 Å². The molecule has 0 bridgehead atoms. The Balaban J connectivity index is 2.09. The van der Waals surface area contributed by atoms with Crippen molar-refractivity contribution in [3.05, 3.63) is 52.5 Å². The number of hydrogen-bond donors (Lipinski definition) is 3. The summed E-state index contributed by atoms with van der Waals surface area (Å²) in [5.41, 5.74) is 1.51. The average Bonchev–Trinajstić information content (AvgIpc) is 2.48. The zero-order valence-electron chi connectivity index (χ0n) is 11.3. The van der Waals surface area contributed by atoms with Crippen molar-refractivity contribution in [2.45, 2.75) is 11.4 Å². The van der Waals surface area contributed by atoms with E-state index in [2.05, 4.69) is 26.0 Å². The van der Waals surface area contributed by atoms with E-state index < -0.39 is 10.0 Å². The molecule has 0 saturated heterocycles. The first-order valence-electron chi connectivity index (χ1n) is 6.17. The maximum absolute atomic E-state index is 11.6. The molecule has 7 heteroatoms. The molecule has 0 fully saturated rings. The molecule has 0 unspecified atom stereocenters. The highest BCUT2D eigenvalue weighted by atomic mass is 79.9. The van der Waals surface area contributed by atoms with Crippen molar-refractivity contribution in [2.75, 3.05) is 12.4 Å². The third-order valence-electron chi connectivity index (χ3n) is 2.96. The molecule has 0 aliphatic rings. The summed E-state index contributed by atoms with van der Waals surface area (Å²) in [5, 5.41) is 12.9. The topological polar surface area (TPSA) is 78.4 Å². The van der Waals surface area contributed by atoms with E-state index >= 15 is 0 Å².